The molecule has 0 aliphatic carbocycles. The Labute approximate surface area is 104 Å². The molecule has 2 heterocycles. The van der Waals surface area contributed by atoms with E-state index >= 15 is 0 Å². The van der Waals surface area contributed by atoms with Crippen molar-refractivity contribution in [2.75, 3.05) is 0 Å². The highest BCUT2D eigenvalue weighted by atomic mass is 16.1. The van der Waals surface area contributed by atoms with Gasteiger partial charge in [-0.25, -0.2) is 9.50 Å². The van der Waals surface area contributed by atoms with Gasteiger partial charge in [0.25, 0.3) is 0 Å². The molecule has 18 heavy (non-hydrogen) atoms. The molecule has 0 amide bonds. The van der Waals surface area contributed by atoms with Crippen LogP contribution in [0.25, 0.3) is 16.9 Å². The molecule has 0 radical (unpaired) electrons. The Morgan fingerprint density at radius 1 is 1.22 bits per heavy atom. The quantitative estimate of drug-likeness (QED) is 0.643. The van der Waals surface area contributed by atoms with Crippen molar-refractivity contribution in [3.63, 3.8) is 0 Å². The van der Waals surface area contributed by atoms with Crippen LogP contribution in [0.3, 0.4) is 0 Å². The van der Waals surface area contributed by atoms with Crippen LogP contribution in [0, 0.1) is 6.92 Å². The Balaban J connectivity index is 2.36. The van der Waals surface area contributed by atoms with Gasteiger partial charge in [0.2, 0.25) is 0 Å². The third kappa shape index (κ3) is 1.50. The van der Waals surface area contributed by atoms with Gasteiger partial charge in [-0.3, -0.25) is 4.79 Å². The maximum atomic E-state index is 11.3. The number of aromatic nitrogens is 3. The maximum Gasteiger partial charge on any atom is 0.166 e. The van der Waals surface area contributed by atoms with Gasteiger partial charge in [0, 0.05) is 18.0 Å². The van der Waals surface area contributed by atoms with Crippen molar-refractivity contribution in [3.8, 4) is 11.3 Å². The molecular formula is C14H11N3O. The third-order valence-corrected chi connectivity index (χ3v) is 2.95. The van der Waals surface area contributed by atoms with Gasteiger partial charge in [-0.15, -0.1) is 0 Å². The predicted molar refractivity (Wildman–Crippen MR) is 68.5 cm³/mol. The highest BCUT2D eigenvalue weighted by molar-refractivity contribution is 5.93. The van der Waals surface area contributed by atoms with Gasteiger partial charge in [0.1, 0.15) is 5.69 Å². The lowest BCUT2D eigenvalue weighted by atomic mass is 10.0. The van der Waals surface area contributed by atoms with Crippen molar-refractivity contribution >= 4 is 11.9 Å². The summed E-state index contributed by atoms with van der Waals surface area (Å²) < 4.78 is 1.63. The van der Waals surface area contributed by atoms with E-state index in [9.17, 15) is 4.79 Å². The normalized spacial score (nSPS) is 10.7. The summed E-state index contributed by atoms with van der Waals surface area (Å²) in [5.41, 5.74) is 3.85. The van der Waals surface area contributed by atoms with Crippen LogP contribution in [0.4, 0.5) is 0 Å². The summed E-state index contributed by atoms with van der Waals surface area (Å²) in [4.78, 5) is 15.5. The summed E-state index contributed by atoms with van der Waals surface area (Å²) in [7, 11) is 0. The molecule has 0 N–H and O–H groups in total. The number of rotatable bonds is 2. The first-order valence-electron chi connectivity index (χ1n) is 5.66. The number of fused-ring (bicyclic) bond motifs is 1. The molecule has 4 nitrogen and oxygen atoms in total. The molecule has 0 aliphatic heterocycles. The fraction of sp³-hybridized carbons (Fsp3) is 0.0714. The second-order valence-corrected chi connectivity index (χ2v) is 4.08. The molecule has 2 aromatic heterocycles. The zero-order valence-electron chi connectivity index (χ0n) is 9.87. The standard InChI is InChI=1S/C14H11N3O/c1-10-5-2-3-6-11(10)13-12(9-18)14-15-7-4-8-17(14)16-13/h2-9H,1H3. The number of carbonyl (C=O) groups excluding carboxylic acids is 1. The number of hydrogen-bond donors (Lipinski definition) is 0. The van der Waals surface area contributed by atoms with Gasteiger partial charge in [-0.05, 0) is 18.6 Å². The van der Waals surface area contributed by atoms with Crippen LogP contribution in [0.15, 0.2) is 42.7 Å². The third-order valence-electron chi connectivity index (χ3n) is 2.95. The van der Waals surface area contributed by atoms with Crippen LogP contribution < -0.4 is 0 Å². The van der Waals surface area contributed by atoms with Crippen molar-refractivity contribution in [2.45, 2.75) is 6.92 Å². The summed E-state index contributed by atoms with van der Waals surface area (Å²) in [6.07, 6.45) is 4.26. The number of carbonyl (C=O) groups is 1. The second-order valence-electron chi connectivity index (χ2n) is 4.08. The van der Waals surface area contributed by atoms with Crippen LogP contribution in [-0.2, 0) is 0 Å². The Morgan fingerprint density at radius 2 is 2.06 bits per heavy atom. The van der Waals surface area contributed by atoms with Crippen molar-refractivity contribution in [2.24, 2.45) is 0 Å². The molecule has 1 aromatic carbocycles. The predicted octanol–water partition coefficient (Wildman–Crippen LogP) is 2.52. The average Bonchev–Trinajstić information content (AvgIpc) is 2.77. The van der Waals surface area contributed by atoms with E-state index < -0.39 is 0 Å². The minimum atomic E-state index is 0.532. The van der Waals surface area contributed by atoms with Crippen LogP contribution in [-0.4, -0.2) is 20.9 Å². The highest BCUT2D eigenvalue weighted by Gasteiger charge is 2.15. The first-order chi connectivity index (χ1) is 8.81. The minimum Gasteiger partial charge on any atom is -0.298 e. The van der Waals surface area contributed by atoms with Gasteiger partial charge >= 0.3 is 0 Å². The molecular weight excluding hydrogens is 226 g/mol. The fourth-order valence-electron chi connectivity index (χ4n) is 2.05. The van der Waals surface area contributed by atoms with Crippen LogP contribution in [0.1, 0.15) is 15.9 Å². The van der Waals surface area contributed by atoms with Crippen molar-refractivity contribution < 1.29 is 4.79 Å². The van der Waals surface area contributed by atoms with E-state index in [2.05, 4.69) is 10.1 Å². The molecule has 0 aliphatic rings. The molecule has 4 heteroatoms. The average molecular weight is 237 g/mol. The summed E-state index contributed by atoms with van der Waals surface area (Å²) in [6, 6.07) is 9.66. The zero-order chi connectivity index (χ0) is 12.5. The maximum absolute atomic E-state index is 11.3. The molecule has 0 saturated carbocycles. The molecule has 0 unspecified atom stereocenters. The van der Waals surface area contributed by atoms with Crippen LogP contribution >= 0.6 is 0 Å². The van der Waals surface area contributed by atoms with Crippen LogP contribution in [0.2, 0.25) is 0 Å². The smallest absolute Gasteiger partial charge is 0.166 e. The molecule has 0 spiro atoms. The van der Waals surface area contributed by atoms with Crippen LogP contribution in [0.5, 0.6) is 0 Å². The van der Waals surface area contributed by atoms with Crippen molar-refractivity contribution in [1.82, 2.24) is 14.6 Å². The fourth-order valence-corrected chi connectivity index (χ4v) is 2.05. The molecule has 0 atom stereocenters. The lowest BCUT2D eigenvalue weighted by Crippen LogP contribution is -1.88. The van der Waals surface area contributed by atoms with E-state index in [1.165, 1.54) is 0 Å². The van der Waals surface area contributed by atoms with E-state index in [1.54, 1.807) is 23.0 Å². The van der Waals surface area contributed by atoms with Gasteiger partial charge in [-0.2, -0.15) is 5.10 Å². The van der Waals surface area contributed by atoms with E-state index in [1.807, 2.05) is 31.2 Å². The van der Waals surface area contributed by atoms with Gasteiger partial charge < -0.3 is 0 Å². The Kier molecular flexibility index (Phi) is 2.41. The van der Waals surface area contributed by atoms with E-state index in [0.717, 1.165) is 17.4 Å². The molecule has 0 fully saturated rings. The lowest BCUT2D eigenvalue weighted by Gasteiger charge is -2.01. The number of aryl methyl sites for hydroxylation is 1. The van der Waals surface area contributed by atoms with Gasteiger partial charge in [0.05, 0.1) is 5.56 Å². The van der Waals surface area contributed by atoms with Crippen molar-refractivity contribution in [3.05, 3.63) is 53.9 Å². The molecule has 3 aromatic rings. The van der Waals surface area contributed by atoms with Crippen molar-refractivity contribution in [1.29, 1.82) is 0 Å². The van der Waals surface area contributed by atoms with E-state index in [-0.39, 0.29) is 0 Å². The summed E-state index contributed by atoms with van der Waals surface area (Å²) in [5.74, 6) is 0. The number of hydrogen-bond acceptors (Lipinski definition) is 3. The Hall–Kier alpha value is -2.49. The topological polar surface area (TPSA) is 47.3 Å². The molecule has 3 rings (SSSR count). The highest BCUT2D eigenvalue weighted by Crippen LogP contribution is 2.26. The summed E-state index contributed by atoms with van der Waals surface area (Å²) >= 11 is 0. The first-order valence-corrected chi connectivity index (χ1v) is 5.66. The van der Waals surface area contributed by atoms with E-state index in [0.29, 0.717) is 16.9 Å². The number of benzene rings is 1. The second kappa shape index (κ2) is 4.07. The monoisotopic (exact) mass is 237 g/mol. The molecule has 88 valence electrons. The number of aldehydes is 1. The lowest BCUT2D eigenvalue weighted by molar-refractivity contribution is 0.112. The van der Waals surface area contributed by atoms with Gasteiger partial charge in [-0.1, -0.05) is 24.3 Å². The summed E-state index contributed by atoms with van der Waals surface area (Å²) in [6.45, 7) is 2.00. The number of nitrogens with zero attached hydrogens (tertiary/aromatic N) is 3. The Morgan fingerprint density at radius 3 is 2.83 bits per heavy atom. The summed E-state index contributed by atoms with van der Waals surface area (Å²) in [5, 5.41) is 4.44. The first kappa shape index (κ1) is 10.7. The minimum absolute atomic E-state index is 0.532. The largest absolute Gasteiger partial charge is 0.298 e. The molecule has 0 bridgehead atoms. The zero-order valence-corrected chi connectivity index (χ0v) is 9.87. The van der Waals surface area contributed by atoms with Gasteiger partial charge in [0.15, 0.2) is 11.9 Å². The molecule has 0 saturated heterocycles. The SMILES string of the molecule is Cc1ccccc1-c1nn2cccnc2c1C=O. The van der Waals surface area contributed by atoms with E-state index in [4.69, 9.17) is 0 Å². The Bertz CT molecular complexity index is 731.